The lowest BCUT2D eigenvalue weighted by Crippen LogP contribution is -2.27. The van der Waals surface area contributed by atoms with Gasteiger partial charge in [-0.25, -0.2) is 0 Å². The van der Waals surface area contributed by atoms with E-state index in [4.69, 9.17) is 0 Å². The summed E-state index contributed by atoms with van der Waals surface area (Å²) in [5.74, 6) is 0.555. The van der Waals surface area contributed by atoms with Crippen molar-refractivity contribution in [3.05, 3.63) is 35.9 Å². The lowest BCUT2D eigenvalue weighted by molar-refractivity contribution is -0.119. The highest BCUT2D eigenvalue weighted by atomic mass is 16.1. The predicted molar refractivity (Wildman–Crippen MR) is 56.0 cm³/mol. The van der Waals surface area contributed by atoms with Crippen LogP contribution in [0, 0.1) is 0 Å². The first-order valence-electron chi connectivity index (χ1n) is 5.15. The summed E-state index contributed by atoms with van der Waals surface area (Å²) < 4.78 is 0. The van der Waals surface area contributed by atoms with Crippen molar-refractivity contribution in [2.45, 2.75) is 31.7 Å². The van der Waals surface area contributed by atoms with E-state index >= 15 is 0 Å². The summed E-state index contributed by atoms with van der Waals surface area (Å²) in [4.78, 5) is 11.3. The molecule has 0 bridgehead atoms. The summed E-state index contributed by atoms with van der Waals surface area (Å²) in [5.41, 5.74) is 1.28. The largest absolute Gasteiger partial charge is 0.353 e. The molecule has 1 aliphatic heterocycles. The molecule has 1 amide bonds. The van der Waals surface area contributed by atoms with Crippen LogP contribution in [-0.2, 0) is 4.79 Å². The Balaban J connectivity index is 2.22. The molecule has 1 fully saturated rings. The lowest BCUT2D eigenvalue weighted by Gasteiger charge is -2.16. The third kappa shape index (κ3) is 1.65. The van der Waals surface area contributed by atoms with Crippen molar-refractivity contribution in [3.63, 3.8) is 0 Å². The molecule has 0 unspecified atom stereocenters. The second kappa shape index (κ2) is 3.82. The van der Waals surface area contributed by atoms with Crippen LogP contribution in [0.3, 0.4) is 0 Å². The summed E-state index contributed by atoms with van der Waals surface area (Å²) in [7, 11) is 0. The second-order valence-corrected chi connectivity index (χ2v) is 3.80. The minimum absolute atomic E-state index is 0.186. The number of benzene rings is 1. The molecule has 1 aromatic carbocycles. The molecule has 1 N–H and O–H groups in total. The summed E-state index contributed by atoms with van der Waals surface area (Å²) in [6.07, 6.45) is 1.65. The molecule has 0 radical (unpaired) electrons. The fraction of sp³-hybridized carbons (Fsp3) is 0.417. The summed E-state index contributed by atoms with van der Waals surface area (Å²) in [6, 6.07) is 10.6. The lowest BCUT2D eigenvalue weighted by atomic mass is 9.91. The first-order chi connectivity index (χ1) is 6.81. The third-order valence-corrected chi connectivity index (χ3v) is 2.90. The minimum atomic E-state index is 0.186. The van der Waals surface area contributed by atoms with Crippen molar-refractivity contribution in [3.8, 4) is 0 Å². The van der Waals surface area contributed by atoms with Gasteiger partial charge < -0.3 is 5.32 Å². The van der Waals surface area contributed by atoms with E-state index in [9.17, 15) is 4.79 Å². The van der Waals surface area contributed by atoms with Crippen LogP contribution in [-0.4, -0.2) is 11.9 Å². The van der Waals surface area contributed by atoms with Gasteiger partial charge >= 0.3 is 0 Å². The van der Waals surface area contributed by atoms with Gasteiger partial charge in [0.2, 0.25) is 5.91 Å². The highest BCUT2D eigenvalue weighted by molar-refractivity contribution is 5.80. The quantitative estimate of drug-likeness (QED) is 0.758. The minimum Gasteiger partial charge on any atom is -0.353 e. The molecule has 0 aliphatic carbocycles. The molecule has 1 aliphatic rings. The molecular formula is C12H15NO. The van der Waals surface area contributed by atoms with Crippen molar-refractivity contribution in [2.24, 2.45) is 0 Å². The highest BCUT2D eigenvalue weighted by Gasteiger charge is 2.31. The van der Waals surface area contributed by atoms with E-state index < -0.39 is 0 Å². The average molecular weight is 189 g/mol. The van der Waals surface area contributed by atoms with Gasteiger partial charge in [0.05, 0.1) is 0 Å². The zero-order valence-corrected chi connectivity index (χ0v) is 8.36. The molecule has 2 heteroatoms. The fourth-order valence-electron chi connectivity index (χ4n) is 2.15. The van der Waals surface area contributed by atoms with Crippen LogP contribution in [0.15, 0.2) is 30.3 Å². The van der Waals surface area contributed by atoms with Crippen molar-refractivity contribution < 1.29 is 4.79 Å². The first-order valence-corrected chi connectivity index (χ1v) is 5.15. The third-order valence-electron chi connectivity index (χ3n) is 2.90. The van der Waals surface area contributed by atoms with E-state index in [1.165, 1.54) is 5.56 Å². The van der Waals surface area contributed by atoms with Crippen LogP contribution in [0.4, 0.5) is 0 Å². The summed E-state index contributed by atoms with van der Waals surface area (Å²) >= 11 is 0. The molecule has 0 aromatic heterocycles. The maximum Gasteiger partial charge on any atom is 0.220 e. The first kappa shape index (κ1) is 9.25. The van der Waals surface area contributed by atoms with Gasteiger partial charge in [-0.2, -0.15) is 0 Å². The Labute approximate surface area is 84.3 Å². The van der Waals surface area contributed by atoms with Crippen molar-refractivity contribution >= 4 is 5.91 Å². The van der Waals surface area contributed by atoms with Crippen LogP contribution in [0.25, 0.3) is 0 Å². The molecule has 1 saturated heterocycles. The number of rotatable bonds is 2. The number of hydrogen-bond acceptors (Lipinski definition) is 1. The Morgan fingerprint density at radius 3 is 2.71 bits per heavy atom. The standard InChI is InChI=1S/C12H15NO/c1-2-11-10(8-12(14)13-11)9-6-4-3-5-7-9/h3-7,10-11H,2,8H2,1H3,(H,13,14)/t10-,11+/m1/s1. The van der Waals surface area contributed by atoms with E-state index in [1.54, 1.807) is 0 Å². The Hall–Kier alpha value is -1.31. The van der Waals surface area contributed by atoms with Crippen molar-refractivity contribution in [1.82, 2.24) is 5.32 Å². The van der Waals surface area contributed by atoms with E-state index in [0.29, 0.717) is 18.4 Å². The van der Waals surface area contributed by atoms with Crippen molar-refractivity contribution in [1.29, 1.82) is 0 Å². The van der Waals surface area contributed by atoms with Gasteiger partial charge in [-0.15, -0.1) is 0 Å². The maximum atomic E-state index is 11.3. The highest BCUT2D eigenvalue weighted by Crippen LogP contribution is 2.29. The smallest absolute Gasteiger partial charge is 0.220 e. The maximum absolute atomic E-state index is 11.3. The van der Waals surface area contributed by atoms with Gasteiger partial charge in [0, 0.05) is 18.4 Å². The Bertz CT molecular complexity index is 320. The van der Waals surface area contributed by atoms with Gasteiger partial charge in [0.15, 0.2) is 0 Å². The number of carbonyl (C=O) groups excluding carboxylic acids is 1. The molecule has 14 heavy (non-hydrogen) atoms. The fourth-order valence-corrected chi connectivity index (χ4v) is 2.15. The molecule has 1 heterocycles. The number of hydrogen-bond donors (Lipinski definition) is 1. The van der Waals surface area contributed by atoms with Crippen LogP contribution in [0.1, 0.15) is 31.2 Å². The van der Waals surface area contributed by atoms with Crippen LogP contribution < -0.4 is 5.32 Å². The molecule has 0 spiro atoms. The van der Waals surface area contributed by atoms with Gasteiger partial charge in [-0.05, 0) is 12.0 Å². The number of carbonyl (C=O) groups is 1. The van der Waals surface area contributed by atoms with E-state index in [1.807, 2.05) is 18.2 Å². The zero-order valence-electron chi connectivity index (χ0n) is 8.36. The zero-order chi connectivity index (χ0) is 9.97. The normalized spacial score (nSPS) is 26.2. The summed E-state index contributed by atoms with van der Waals surface area (Å²) in [5, 5.41) is 3.01. The molecule has 74 valence electrons. The van der Waals surface area contributed by atoms with Gasteiger partial charge in [0.1, 0.15) is 0 Å². The SMILES string of the molecule is CC[C@@H]1NC(=O)C[C@@H]1c1ccccc1. The predicted octanol–water partition coefficient (Wildman–Crippen LogP) is 2.07. The monoisotopic (exact) mass is 189 g/mol. The van der Waals surface area contributed by atoms with Gasteiger partial charge in [-0.1, -0.05) is 37.3 Å². The molecule has 2 atom stereocenters. The number of amides is 1. The average Bonchev–Trinajstić information content (AvgIpc) is 2.61. The Morgan fingerprint density at radius 1 is 1.36 bits per heavy atom. The molecule has 2 nitrogen and oxygen atoms in total. The Morgan fingerprint density at radius 2 is 2.07 bits per heavy atom. The molecule has 1 aromatic rings. The summed E-state index contributed by atoms with van der Waals surface area (Å²) in [6.45, 7) is 2.12. The van der Waals surface area contributed by atoms with Crippen LogP contribution in [0.2, 0.25) is 0 Å². The molecule has 2 rings (SSSR count). The Kier molecular flexibility index (Phi) is 2.53. The van der Waals surface area contributed by atoms with Gasteiger partial charge in [0.25, 0.3) is 0 Å². The van der Waals surface area contributed by atoms with E-state index in [2.05, 4.69) is 24.4 Å². The number of nitrogens with one attached hydrogen (secondary N) is 1. The second-order valence-electron chi connectivity index (χ2n) is 3.80. The van der Waals surface area contributed by atoms with E-state index in [-0.39, 0.29) is 5.91 Å². The topological polar surface area (TPSA) is 29.1 Å². The van der Waals surface area contributed by atoms with E-state index in [0.717, 1.165) is 6.42 Å². The van der Waals surface area contributed by atoms with Crippen LogP contribution >= 0.6 is 0 Å². The molecule has 0 saturated carbocycles. The van der Waals surface area contributed by atoms with Gasteiger partial charge in [-0.3, -0.25) is 4.79 Å². The van der Waals surface area contributed by atoms with Crippen LogP contribution in [0.5, 0.6) is 0 Å². The molecular weight excluding hydrogens is 174 g/mol. The van der Waals surface area contributed by atoms with Crippen molar-refractivity contribution in [2.75, 3.05) is 0 Å².